The fourth-order valence-corrected chi connectivity index (χ4v) is 2.78. The van der Waals surface area contributed by atoms with Gasteiger partial charge >= 0.3 is 12.1 Å². The van der Waals surface area contributed by atoms with Gasteiger partial charge < -0.3 is 15.2 Å². The zero-order chi connectivity index (χ0) is 15.1. The number of hydrogen-bond acceptors (Lipinski definition) is 3. The first kappa shape index (κ1) is 15.4. The van der Waals surface area contributed by atoms with Crippen LogP contribution in [0.5, 0.6) is 0 Å². The molecule has 2 rings (SSSR count). The van der Waals surface area contributed by atoms with Gasteiger partial charge in [0.05, 0.1) is 5.92 Å². The molecule has 114 valence electrons. The summed E-state index contributed by atoms with van der Waals surface area (Å²) in [5.41, 5.74) is 0.901. The number of carboxylic acids is 1. The first-order valence-electron chi connectivity index (χ1n) is 7.34. The summed E-state index contributed by atoms with van der Waals surface area (Å²) < 4.78 is 5.08. The predicted molar refractivity (Wildman–Crippen MR) is 77.7 cm³/mol. The van der Waals surface area contributed by atoms with E-state index in [4.69, 9.17) is 4.74 Å². The number of carboxylic acid groups (broad SMARTS) is 1. The Morgan fingerprint density at radius 3 is 2.52 bits per heavy atom. The molecule has 0 unspecified atom stereocenters. The van der Waals surface area contributed by atoms with Gasteiger partial charge in [0.25, 0.3) is 0 Å². The van der Waals surface area contributed by atoms with E-state index in [1.54, 1.807) is 0 Å². The third-order valence-corrected chi connectivity index (χ3v) is 3.97. The SMILES string of the molecule is O=C(NC[C@H](C(=O)O)C1CCCC1)OCc1ccccc1. The van der Waals surface area contributed by atoms with E-state index in [9.17, 15) is 14.7 Å². The van der Waals surface area contributed by atoms with Gasteiger partial charge in [0.15, 0.2) is 0 Å². The van der Waals surface area contributed by atoms with Crippen molar-refractivity contribution in [1.82, 2.24) is 5.32 Å². The van der Waals surface area contributed by atoms with Crippen LogP contribution in [0.25, 0.3) is 0 Å². The predicted octanol–water partition coefficient (Wildman–Crippen LogP) is 2.80. The molecule has 1 saturated carbocycles. The summed E-state index contributed by atoms with van der Waals surface area (Å²) in [6.07, 6.45) is 3.44. The van der Waals surface area contributed by atoms with Crippen molar-refractivity contribution in [2.45, 2.75) is 32.3 Å². The van der Waals surface area contributed by atoms with Crippen molar-refractivity contribution in [2.24, 2.45) is 11.8 Å². The highest BCUT2D eigenvalue weighted by Crippen LogP contribution is 2.31. The van der Waals surface area contributed by atoms with Crippen LogP contribution in [-0.4, -0.2) is 23.7 Å². The van der Waals surface area contributed by atoms with Crippen LogP contribution < -0.4 is 5.32 Å². The summed E-state index contributed by atoms with van der Waals surface area (Å²) in [5, 5.41) is 11.8. The number of nitrogens with one attached hydrogen (secondary N) is 1. The zero-order valence-corrected chi connectivity index (χ0v) is 12.0. The van der Waals surface area contributed by atoms with Gasteiger partial charge in [-0.15, -0.1) is 0 Å². The number of carbonyl (C=O) groups is 2. The Morgan fingerprint density at radius 2 is 1.90 bits per heavy atom. The van der Waals surface area contributed by atoms with Crippen LogP contribution in [0.15, 0.2) is 30.3 Å². The lowest BCUT2D eigenvalue weighted by Crippen LogP contribution is -2.36. The van der Waals surface area contributed by atoms with Gasteiger partial charge in [0, 0.05) is 6.54 Å². The molecule has 1 amide bonds. The number of benzene rings is 1. The van der Waals surface area contributed by atoms with E-state index in [2.05, 4.69) is 5.32 Å². The van der Waals surface area contributed by atoms with Crippen molar-refractivity contribution in [1.29, 1.82) is 0 Å². The van der Waals surface area contributed by atoms with E-state index in [-0.39, 0.29) is 19.1 Å². The second kappa shape index (κ2) is 7.67. The number of amides is 1. The van der Waals surface area contributed by atoms with Crippen molar-refractivity contribution in [3.05, 3.63) is 35.9 Å². The summed E-state index contributed by atoms with van der Waals surface area (Å²) in [6, 6.07) is 9.37. The van der Waals surface area contributed by atoms with Gasteiger partial charge in [-0.05, 0) is 24.3 Å². The maximum Gasteiger partial charge on any atom is 0.407 e. The third-order valence-electron chi connectivity index (χ3n) is 3.97. The fourth-order valence-electron chi connectivity index (χ4n) is 2.78. The monoisotopic (exact) mass is 291 g/mol. The Hall–Kier alpha value is -2.04. The number of hydrogen-bond donors (Lipinski definition) is 2. The Bertz CT molecular complexity index is 468. The average Bonchev–Trinajstić information content (AvgIpc) is 3.00. The molecule has 0 heterocycles. The number of carbonyl (C=O) groups excluding carboxylic acids is 1. The summed E-state index contributed by atoms with van der Waals surface area (Å²) in [4.78, 5) is 22.9. The summed E-state index contributed by atoms with van der Waals surface area (Å²) in [6.45, 7) is 0.321. The molecular formula is C16H21NO4. The minimum Gasteiger partial charge on any atom is -0.481 e. The zero-order valence-electron chi connectivity index (χ0n) is 12.0. The largest absolute Gasteiger partial charge is 0.481 e. The van der Waals surface area contributed by atoms with Gasteiger partial charge in [-0.25, -0.2) is 4.79 Å². The van der Waals surface area contributed by atoms with E-state index in [0.29, 0.717) is 0 Å². The van der Waals surface area contributed by atoms with Crippen molar-refractivity contribution in [3.63, 3.8) is 0 Å². The van der Waals surface area contributed by atoms with Crippen LogP contribution in [0.4, 0.5) is 4.79 Å². The molecule has 0 aliphatic heterocycles. The smallest absolute Gasteiger partial charge is 0.407 e. The molecule has 1 aliphatic rings. The van der Waals surface area contributed by atoms with Crippen molar-refractivity contribution in [2.75, 3.05) is 6.54 Å². The molecule has 5 heteroatoms. The van der Waals surface area contributed by atoms with E-state index >= 15 is 0 Å². The van der Waals surface area contributed by atoms with Gasteiger partial charge in [-0.2, -0.15) is 0 Å². The average molecular weight is 291 g/mol. The molecule has 1 aromatic carbocycles. The van der Waals surface area contributed by atoms with Crippen molar-refractivity contribution in [3.8, 4) is 0 Å². The van der Waals surface area contributed by atoms with E-state index in [1.807, 2.05) is 30.3 Å². The molecule has 0 radical (unpaired) electrons. The highest BCUT2D eigenvalue weighted by molar-refractivity contribution is 5.72. The Kier molecular flexibility index (Phi) is 5.60. The highest BCUT2D eigenvalue weighted by atomic mass is 16.5. The maximum atomic E-state index is 11.6. The number of alkyl carbamates (subject to hydrolysis) is 1. The van der Waals surface area contributed by atoms with Crippen molar-refractivity contribution < 1.29 is 19.4 Å². The van der Waals surface area contributed by atoms with Gasteiger partial charge in [-0.1, -0.05) is 43.2 Å². The minimum absolute atomic E-state index is 0.133. The lowest BCUT2D eigenvalue weighted by Gasteiger charge is -2.19. The molecule has 1 fully saturated rings. The van der Waals surface area contributed by atoms with Crippen LogP contribution in [0.1, 0.15) is 31.2 Å². The van der Waals surface area contributed by atoms with Gasteiger partial charge in [0.1, 0.15) is 6.61 Å². The van der Waals surface area contributed by atoms with E-state index in [1.165, 1.54) is 0 Å². The van der Waals surface area contributed by atoms with Crippen LogP contribution >= 0.6 is 0 Å². The van der Waals surface area contributed by atoms with Gasteiger partial charge in [0.2, 0.25) is 0 Å². The molecule has 0 bridgehead atoms. The first-order chi connectivity index (χ1) is 10.2. The molecule has 0 saturated heterocycles. The molecule has 2 N–H and O–H groups in total. The topological polar surface area (TPSA) is 75.6 Å². The van der Waals surface area contributed by atoms with Gasteiger partial charge in [-0.3, -0.25) is 4.79 Å². The normalized spacial score (nSPS) is 16.4. The molecule has 0 spiro atoms. The lowest BCUT2D eigenvalue weighted by molar-refractivity contribution is -0.143. The fraction of sp³-hybridized carbons (Fsp3) is 0.500. The molecule has 1 atom stereocenters. The quantitative estimate of drug-likeness (QED) is 0.845. The van der Waals surface area contributed by atoms with E-state index < -0.39 is 18.0 Å². The molecule has 0 aromatic heterocycles. The maximum absolute atomic E-state index is 11.6. The second-order valence-corrected chi connectivity index (χ2v) is 5.43. The second-order valence-electron chi connectivity index (χ2n) is 5.43. The standard InChI is InChI=1S/C16H21NO4/c18-15(19)14(13-8-4-5-9-13)10-17-16(20)21-11-12-6-2-1-3-7-12/h1-3,6-7,13-14H,4-5,8-11H2,(H,17,20)(H,18,19)/t14-/m0/s1. The first-order valence-corrected chi connectivity index (χ1v) is 7.34. The molecule has 1 aliphatic carbocycles. The van der Waals surface area contributed by atoms with E-state index in [0.717, 1.165) is 31.2 Å². The number of aliphatic carboxylic acids is 1. The lowest BCUT2D eigenvalue weighted by atomic mass is 9.91. The summed E-state index contributed by atoms with van der Waals surface area (Å²) in [5.74, 6) is -1.20. The Labute approximate surface area is 124 Å². The minimum atomic E-state index is -0.842. The van der Waals surface area contributed by atoms with Crippen LogP contribution in [-0.2, 0) is 16.1 Å². The molecule has 21 heavy (non-hydrogen) atoms. The number of ether oxygens (including phenoxy) is 1. The highest BCUT2D eigenvalue weighted by Gasteiger charge is 2.30. The Morgan fingerprint density at radius 1 is 1.24 bits per heavy atom. The van der Waals surface area contributed by atoms with Crippen LogP contribution in [0.3, 0.4) is 0 Å². The molecular weight excluding hydrogens is 270 g/mol. The van der Waals surface area contributed by atoms with Crippen LogP contribution in [0, 0.1) is 11.8 Å². The third kappa shape index (κ3) is 4.77. The Balaban J connectivity index is 1.75. The summed E-state index contributed by atoms with van der Waals surface area (Å²) in [7, 11) is 0. The number of rotatable bonds is 6. The van der Waals surface area contributed by atoms with Crippen molar-refractivity contribution >= 4 is 12.1 Å². The summed E-state index contributed by atoms with van der Waals surface area (Å²) >= 11 is 0. The molecule has 5 nitrogen and oxygen atoms in total. The molecule has 1 aromatic rings. The van der Waals surface area contributed by atoms with Crippen LogP contribution in [0.2, 0.25) is 0 Å².